The topological polar surface area (TPSA) is 83.7 Å². The van der Waals surface area contributed by atoms with Crippen LogP contribution >= 0.6 is 11.6 Å². The Labute approximate surface area is 129 Å². The highest BCUT2D eigenvalue weighted by Gasteiger charge is 2.29. The highest BCUT2D eigenvalue weighted by Crippen LogP contribution is 2.26. The first-order chi connectivity index (χ1) is 9.82. The summed E-state index contributed by atoms with van der Waals surface area (Å²) in [5.41, 5.74) is 5.91. The lowest BCUT2D eigenvalue weighted by Crippen LogP contribution is -2.36. The van der Waals surface area contributed by atoms with E-state index in [2.05, 4.69) is 0 Å². The van der Waals surface area contributed by atoms with E-state index in [9.17, 15) is 13.2 Å². The summed E-state index contributed by atoms with van der Waals surface area (Å²) in [5, 5.41) is 0.394. The zero-order chi connectivity index (χ0) is 15.6. The molecule has 116 valence electrons. The van der Waals surface area contributed by atoms with E-state index in [0.717, 1.165) is 0 Å². The van der Waals surface area contributed by atoms with Crippen LogP contribution in [0.25, 0.3) is 0 Å². The summed E-state index contributed by atoms with van der Waals surface area (Å²) in [7, 11) is -3.67. The molecule has 0 aliphatic carbocycles. The molecule has 8 heteroatoms. The lowest BCUT2D eigenvalue weighted by Gasteiger charge is -2.21. The molecular weight excluding hydrogens is 314 g/mol. The van der Waals surface area contributed by atoms with Gasteiger partial charge in [0.15, 0.2) is 0 Å². The lowest BCUT2D eigenvalue weighted by molar-refractivity contribution is -0.128. The molecule has 1 saturated heterocycles. The van der Waals surface area contributed by atoms with Crippen molar-refractivity contribution in [2.45, 2.75) is 18.2 Å². The molecule has 0 saturated carbocycles. The summed E-state index contributed by atoms with van der Waals surface area (Å²) >= 11 is 5.80. The second kappa shape index (κ2) is 6.21. The summed E-state index contributed by atoms with van der Waals surface area (Å²) in [6, 6.07) is 4.35. The van der Waals surface area contributed by atoms with Crippen LogP contribution in [0.1, 0.15) is 13.3 Å². The van der Waals surface area contributed by atoms with E-state index in [1.54, 1.807) is 4.90 Å². The van der Waals surface area contributed by atoms with Crippen molar-refractivity contribution in [3.63, 3.8) is 0 Å². The summed E-state index contributed by atoms with van der Waals surface area (Å²) in [6.07, 6.45) is 0.603. The van der Waals surface area contributed by atoms with E-state index in [4.69, 9.17) is 17.3 Å². The van der Waals surface area contributed by atoms with Crippen LogP contribution in [0.2, 0.25) is 5.02 Å². The molecular formula is C13H18ClN3O3S. The molecule has 21 heavy (non-hydrogen) atoms. The normalized spacial score (nSPS) is 17.5. The second-order valence-corrected chi connectivity index (χ2v) is 7.29. The number of hydrogen-bond donors (Lipinski definition) is 1. The number of nitrogens with two attached hydrogens (primary N) is 1. The average Bonchev–Trinajstić information content (AvgIpc) is 2.64. The highest BCUT2D eigenvalue weighted by molar-refractivity contribution is 7.89. The molecule has 1 aliphatic rings. The maximum atomic E-state index is 12.6. The van der Waals surface area contributed by atoms with Gasteiger partial charge in [-0.2, -0.15) is 4.31 Å². The molecule has 1 aromatic carbocycles. The fourth-order valence-corrected chi connectivity index (χ4v) is 4.09. The molecule has 6 nitrogen and oxygen atoms in total. The van der Waals surface area contributed by atoms with Gasteiger partial charge in [0.1, 0.15) is 4.90 Å². The molecule has 1 aromatic rings. The predicted molar refractivity (Wildman–Crippen MR) is 81.5 cm³/mol. The molecule has 2 N–H and O–H groups in total. The Morgan fingerprint density at radius 2 is 1.95 bits per heavy atom. The van der Waals surface area contributed by atoms with Crippen molar-refractivity contribution in [1.29, 1.82) is 0 Å². The highest BCUT2D eigenvalue weighted by atomic mass is 35.5. The van der Waals surface area contributed by atoms with Gasteiger partial charge in [0.05, 0.1) is 5.69 Å². The fraction of sp³-hybridized carbons (Fsp3) is 0.462. The molecule has 2 rings (SSSR count). The van der Waals surface area contributed by atoms with Crippen molar-refractivity contribution in [2.24, 2.45) is 0 Å². The van der Waals surface area contributed by atoms with Crippen LogP contribution in [0.4, 0.5) is 5.69 Å². The van der Waals surface area contributed by atoms with Crippen LogP contribution in [0.5, 0.6) is 0 Å². The first-order valence-electron chi connectivity index (χ1n) is 6.63. The van der Waals surface area contributed by atoms with Crippen molar-refractivity contribution >= 4 is 33.2 Å². The Morgan fingerprint density at radius 1 is 1.24 bits per heavy atom. The van der Waals surface area contributed by atoms with Gasteiger partial charge in [-0.3, -0.25) is 4.79 Å². The standard InChI is InChI=1S/C13H18ClN3O3S/c1-10(18)16-5-2-6-17(8-7-16)21(19,20)13-4-3-11(14)9-12(13)15/h3-4,9H,2,5-8,15H2,1H3. The largest absolute Gasteiger partial charge is 0.398 e. The fourth-order valence-electron chi connectivity index (χ4n) is 2.34. The minimum atomic E-state index is -3.67. The first-order valence-corrected chi connectivity index (χ1v) is 8.45. The number of carbonyl (C=O) groups excluding carboxylic acids is 1. The van der Waals surface area contributed by atoms with Crippen LogP contribution in [0.3, 0.4) is 0 Å². The molecule has 0 unspecified atom stereocenters. The Bertz CT molecular complexity index is 648. The summed E-state index contributed by atoms with van der Waals surface area (Å²) in [4.78, 5) is 13.1. The summed E-state index contributed by atoms with van der Waals surface area (Å²) < 4.78 is 26.7. The number of hydrogen-bond acceptors (Lipinski definition) is 4. The van der Waals surface area contributed by atoms with Crippen molar-refractivity contribution < 1.29 is 13.2 Å². The van der Waals surface area contributed by atoms with Crippen LogP contribution in [-0.4, -0.2) is 49.7 Å². The number of rotatable bonds is 2. The smallest absolute Gasteiger partial charge is 0.245 e. The number of anilines is 1. The number of sulfonamides is 1. The van der Waals surface area contributed by atoms with Gasteiger partial charge in [0.25, 0.3) is 0 Å². The van der Waals surface area contributed by atoms with Crippen LogP contribution in [0.15, 0.2) is 23.1 Å². The molecule has 1 heterocycles. The second-order valence-electron chi connectivity index (χ2n) is 4.95. The first kappa shape index (κ1) is 16.1. The quantitative estimate of drug-likeness (QED) is 0.824. The third kappa shape index (κ3) is 3.48. The van der Waals surface area contributed by atoms with E-state index in [-0.39, 0.29) is 23.0 Å². The van der Waals surface area contributed by atoms with Gasteiger partial charge in [-0.15, -0.1) is 0 Å². The van der Waals surface area contributed by atoms with Crippen LogP contribution in [0, 0.1) is 0 Å². The molecule has 0 atom stereocenters. The number of benzene rings is 1. The van der Waals surface area contributed by atoms with Gasteiger partial charge in [0.2, 0.25) is 15.9 Å². The van der Waals surface area contributed by atoms with Gasteiger partial charge >= 0.3 is 0 Å². The lowest BCUT2D eigenvalue weighted by atomic mass is 10.3. The number of nitrogens with zero attached hydrogens (tertiary/aromatic N) is 2. The Morgan fingerprint density at radius 3 is 2.57 bits per heavy atom. The zero-order valence-electron chi connectivity index (χ0n) is 11.8. The number of amides is 1. The van der Waals surface area contributed by atoms with Gasteiger partial charge in [-0.1, -0.05) is 11.6 Å². The van der Waals surface area contributed by atoms with Crippen molar-refractivity contribution in [3.8, 4) is 0 Å². The molecule has 0 radical (unpaired) electrons. The van der Waals surface area contributed by atoms with E-state index in [0.29, 0.717) is 31.1 Å². The van der Waals surface area contributed by atoms with Crippen molar-refractivity contribution in [1.82, 2.24) is 9.21 Å². The van der Waals surface area contributed by atoms with E-state index >= 15 is 0 Å². The van der Waals surface area contributed by atoms with Crippen molar-refractivity contribution in [2.75, 3.05) is 31.9 Å². The van der Waals surface area contributed by atoms with E-state index in [1.165, 1.54) is 29.4 Å². The minimum Gasteiger partial charge on any atom is -0.398 e. The molecule has 1 fully saturated rings. The van der Waals surface area contributed by atoms with Gasteiger partial charge < -0.3 is 10.6 Å². The van der Waals surface area contributed by atoms with Crippen molar-refractivity contribution in [3.05, 3.63) is 23.2 Å². The van der Waals surface area contributed by atoms with Crippen LogP contribution < -0.4 is 5.73 Å². The molecule has 0 bridgehead atoms. The monoisotopic (exact) mass is 331 g/mol. The Balaban J connectivity index is 2.25. The predicted octanol–water partition coefficient (Wildman–Crippen LogP) is 1.17. The third-order valence-electron chi connectivity index (χ3n) is 3.49. The Kier molecular flexibility index (Phi) is 4.75. The maximum absolute atomic E-state index is 12.6. The minimum absolute atomic E-state index is 0.0414. The van der Waals surface area contributed by atoms with Crippen LogP contribution in [-0.2, 0) is 14.8 Å². The molecule has 1 aliphatic heterocycles. The zero-order valence-corrected chi connectivity index (χ0v) is 13.3. The maximum Gasteiger partial charge on any atom is 0.245 e. The van der Waals surface area contributed by atoms with E-state index in [1.807, 2.05) is 0 Å². The number of carbonyl (C=O) groups is 1. The molecule has 0 aromatic heterocycles. The SMILES string of the molecule is CC(=O)N1CCCN(S(=O)(=O)c2ccc(Cl)cc2N)CC1. The van der Waals surface area contributed by atoms with Gasteiger partial charge in [0, 0.05) is 38.1 Å². The molecule has 0 spiro atoms. The van der Waals surface area contributed by atoms with E-state index < -0.39 is 10.0 Å². The Hall–Kier alpha value is -1.31. The van der Waals surface area contributed by atoms with Gasteiger partial charge in [-0.25, -0.2) is 8.42 Å². The third-order valence-corrected chi connectivity index (χ3v) is 5.70. The van der Waals surface area contributed by atoms with Gasteiger partial charge in [-0.05, 0) is 24.6 Å². The molecule has 1 amide bonds. The summed E-state index contributed by atoms with van der Waals surface area (Å²) in [6.45, 7) is 3.08. The summed E-state index contributed by atoms with van der Waals surface area (Å²) in [5.74, 6) is -0.0414. The average molecular weight is 332 g/mol. The number of nitrogen functional groups attached to an aromatic ring is 1. The number of halogens is 1.